The highest BCUT2D eigenvalue weighted by atomic mass is 16.2. The van der Waals surface area contributed by atoms with Crippen molar-refractivity contribution in [2.75, 3.05) is 6.54 Å². The van der Waals surface area contributed by atoms with Crippen molar-refractivity contribution in [1.82, 2.24) is 9.88 Å². The molecule has 1 spiro atoms. The minimum atomic E-state index is -0.0781. The summed E-state index contributed by atoms with van der Waals surface area (Å²) in [5.41, 5.74) is 6.66. The molecule has 1 atom stereocenters. The molecule has 3 heteroatoms. The highest BCUT2D eigenvalue weighted by Gasteiger charge is 2.57. The van der Waals surface area contributed by atoms with Crippen molar-refractivity contribution in [2.24, 2.45) is 0 Å². The topological polar surface area (TPSA) is 33.2 Å². The lowest BCUT2D eigenvalue weighted by atomic mass is 9.94. The number of hydrogen-bond donors (Lipinski definition) is 0. The molecule has 1 fully saturated rings. The highest BCUT2D eigenvalue weighted by Crippen LogP contribution is 2.57. The van der Waals surface area contributed by atoms with Crippen LogP contribution in [0.25, 0.3) is 11.3 Å². The molecule has 1 saturated carbocycles. The zero-order valence-corrected chi connectivity index (χ0v) is 17.9. The molecule has 0 radical (unpaired) electrons. The minimum Gasteiger partial charge on any atom is -0.328 e. The number of pyridine rings is 1. The number of nitrogens with zero attached hydrogens (tertiary/aromatic N) is 2. The van der Waals surface area contributed by atoms with Gasteiger partial charge in [-0.15, -0.1) is 0 Å². The van der Waals surface area contributed by atoms with Crippen molar-refractivity contribution in [1.29, 1.82) is 0 Å². The van der Waals surface area contributed by atoms with Crippen LogP contribution in [0.15, 0.2) is 66.9 Å². The fourth-order valence-electron chi connectivity index (χ4n) is 4.93. The van der Waals surface area contributed by atoms with Gasteiger partial charge in [-0.05, 0) is 47.6 Å². The van der Waals surface area contributed by atoms with Crippen LogP contribution >= 0.6 is 0 Å². The summed E-state index contributed by atoms with van der Waals surface area (Å²) >= 11 is 0. The van der Waals surface area contributed by atoms with E-state index in [-0.39, 0.29) is 17.4 Å². The number of benzene rings is 2. The zero-order valence-electron chi connectivity index (χ0n) is 17.9. The molecule has 1 aliphatic heterocycles. The Balaban J connectivity index is 1.47. The summed E-state index contributed by atoms with van der Waals surface area (Å²) in [5.74, 6) is 0.825. The van der Waals surface area contributed by atoms with Gasteiger partial charge < -0.3 is 4.90 Å². The second-order valence-corrected chi connectivity index (χ2v) is 9.12. The van der Waals surface area contributed by atoms with Gasteiger partial charge in [0.05, 0.1) is 11.2 Å². The Hall–Kier alpha value is -2.94. The van der Waals surface area contributed by atoms with Gasteiger partial charge in [-0.2, -0.15) is 0 Å². The van der Waals surface area contributed by atoms with E-state index >= 15 is 0 Å². The van der Waals surface area contributed by atoms with Crippen molar-refractivity contribution in [3.05, 3.63) is 89.1 Å². The molecular formula is C27H28N2O. The normalized spacial score (nSPS) is 17.5. The first-order valence-corrected chi connectivity index (χ1v) is 11.0. The number of aromatic nitrogens is 1. The number of carbonyl (C=O) groups is 1. The maximum Gasteiger partial charge on any atom is 0.254 e. The number of fused-ring (bicyclic) bond motifs is 2. The van der Waals surface area contributed by atoms with Gasteiger partial charge in [0, 0.05) is 29.8 Å². The number of amides is 1. The van der Waals surface area contributed by atoms with Gasteiger partial charge in [-0.3, -0.25) is 9.78 Å². The van der Waals surface area contributed by atoms with E-state index in [0.717, 1.165) is 36.2 Å². The molecule has 1 aromatic heterocycles. The van der Waals surface area contributed by atoms with E-state index < -0.39 is 0 Å². The average molecular weight is 397 g/mol. The maximum atomic E-state index is 13.5. The van der Waals surface area contributed by atoms with Gasteiger partial charge in [0.2, 0.25) is 0 Å². The van der Waals surface area contributed by atoms with Crippen LogP contribution in [0.1, 0.15) is 72.5 Å². The maximum absolute atomic E-state index is 13.5. The molecule has 2 aliphatic rings. The largest absolute Gasteiger partial charge is 0.328 e. The zero-order chi connectivity index (χ0) is 20.9. The van der Waals surface area contributed by atoms with Gasteiger partial charge in [0.25, 0.3) is 5.91 Å². The van der Waals surface area contributed by atoms with E-state index in [9.17, 15) is 4.79 Å². The summed E-state index contributed by atoms with van der Waals surface area (Å²) in [6.07, 6.45) is 3.99. The number of hydrogen-bond acceptors (Lipinski definition) is 2. The summed E-state index contributed by atoms with van der Waals surface area (Å²) in [6.45, 7) is 7.30. The average Bonchev–Trinajstić information content (AvgIpc) is 3.54. The second kappa shape index (κ2) is 7.09. The third-order valence-electron chi connectivity index (χ3n) is 6.80. The Morgan fingerprint density at radius 2 is 1.77 bits per heavy atom. The van der Waals surface area contributed by atoms with Crippen LogP contribution in [0.5, 0.6) is 0 Å². The smallest absolute Gasteiger partial charge is 0.254 e. The lowest BCUT2D eigenvalue weighted by Gasteiger charge is -2.29. The van der Waals surface area contributed by atoms with Gasteiger partial charge >= 0.3 is 0 Å². The van der Waals surface area contributed by atoms with E-state index in [0.29, 0.717) is 5.92 Å². The Labute approximate surface area is 178 Å². The number of carbonyl (C=O) groups excluding carboxylic acids is 1. The molecule has 1 amide bonds. The Morgan fingerprint density at radius 1 is 1.00 bits per heavy atom. The molecule has 1 aliphatic carbocycles. The quantitative estimate of drug-likeness (QED) is 0.520. The fourth-order valence-corrected chi connectivity index (χ4v) is 4.93. The summed E-state index contributed by atoms with van der Waals surface area (Å²) in [4.78, 5) is 20.3. The molecular weight excluding hydrogens is 368 g/mol. The third kappa shape index (κ3) is 2.96. The van der Waals surface area contributed by atoms with E-state index in [2.05, 4.69) is 67.1 Å². The first-order chi connectivity index (χ1) is 14.5. The van der Waals surface area contributed by atoms with Crippen LogP contribution in [-0.4, -0.2) is 22.3 Å². The SMILES string of the molecule is CC(C)c1ccc2c(c1)C(=O)N(CC(C)c1cccnc1-c1ccccc1)C21CC1. The second-order valence-electron chi connectivity index (χ2n) is 9.12. The molecule has 0 bridgehead atoms. The standard InChI is InChI=1S/C27H28N2O/c1-18(2)21-11-12-24-23(16-21)26(30)29(27(24)13-14-27)17-19(3)22-10-7-15-28-25(22)20-8-5-4-6-9-20/h4-12,15-16,18-19H,13-14,17H2,1-3H3. The Bertz CT molecular complexity index is 1100. The van der Waals surface area contributed by atoms with Crippen molar-refractivity contribution in [3.63, 3.8) is 0 Å². The summed E-state index contributed by atoms with van der Waals surface area (Å²) in [6, 6.07) is 21.0. The monoisotopic (exact) mass is 396 g/mol. The molecule has 30 heavy (non-hydrogen) atoms. The van der Waals surface area contributed by atoms with Gasteiger partial charge in [0.15, 0.2) is 0 Å². The molecule has 152 valence electrons. The first kappa shape index (κ1) is 19.0. The van der Waals surface area contributed by atoms with Crippen molar-refractivity contribution in [2.45, 2.75) is 51.0 Å². The summed E-state index contributed by atoms with van der Waals surface area (Å²) < 4.78 is 0. The Morgan fingerprint density at radius 3 is 2.47 bits per heavy atom. The van der Waals surface area contributed by atoms with Gasteiger partial charge in [-0.25, -0.2) is 0 Å². The van der Waals surface area contributed by atoms with Crippen LogP contribution in [0.2, 0.25) is 0 Å². The first-order valence-electron chi connectivity index (χ1n) is 11.0. The van der Waals surface area contributed by atoms with Crippen molar-refractivity contribution < 1.29 is 4.79 Å². The molecule has 1 unspecified atom stereocenters. The molecule has 0 saturated heterocycles. The van der Waals surface area contributed by atoms with Crippen LogP contribution in [0.3, 0.4) is 0 Å². The van der Waals surface area contributed by atoms with E-state index in [4.69, 9.17) is 0 Å². The highest BCUT2D eigenvalue weighted by molar-refractivity contribution is 6.01. The van der Waals surface area contributed by atoms with Crippen LogP contribution < -0.4 is 0 Å². The molecule has 5 rings (SSSR count). The summed E-state index contributed by atoms with van der Waals surface area (Å²) in [5, 5.41) is 0. The van der Waals surface area contributed by atoms with E-state index in [1.807, 2.05) is 30.5 Å². The number of rotatable bonds is 5. The molecule has 2 aromatic carbocycles. The predicted molar refractivity (Wildman–Crippen MR) is 121 cm³/mol. The molecule has 3 nitrogen and oxygen atoms in total. The molecule has 2 heterocycles. The molecule has 3 aromatic rings. The summed E-state index contributed by atoms with van der Waals surface area (Å²) in [7, 11) is 0. The van der Waals surface area contributed by atoms with E-state index in [1.54, 1.807) is 0 Å². The van der Waals surface area contributed by atoms with Crippen molar-refractivity contribution in [3.8, 4) is 11.3 Å². The van der Waals surface area contributed by atoms with Gasteiger partial charge in [0.1, 0.15) is 0 Å². The third-order valence-corrected chi connectivity index (χ3v) is 6.80. The fraction of sp³-hybridized carbons (Fsp3) is 0.333. The lowest BCUT2D eigenvalue weighted by Crippen LogP contribution is -2.36. The van der Waals surface area contributed by atoms with Crippen molar-refractivity contribution >= 4 is 5.91 Å². The van der Waals surface area contributed by atoms with Crippen LogP contribution in [0, 0.1) is 0 Å². The van der Waals surface area contributed by atoms with Crippen LogP contribution in [-0.2, 0) is 5.54 Å². The Kier molecular flexibility index (Phi) is 4.50. The lowest BCUT2D eigenvalue weighted by molar-refractivity contribution is 0.0689. The predicted octanol–water partition coefficient (Wildman–Crippen LogP) is 6.12. The van der Waals surface area contributed by atoms with Crippen LogP contribution in [0.4, 0.5) is 0 Å². The molecule has 0 N–H and O–H groups in total. The van der Waals surface area contributed by atoms with E-state index in [1.165, 1.54) is 16.7 Å². The van der Waals surface area contributed by atoms with Gasteiger partial charge in [-0.1, -0.05) is 69.3 Å². The minimum absolute atomic E-state index is 0.0781.